The topological polar surface area (TPSA) is 38.3 Å². The van der Waals surface area contributed by atoms with Crippen LogP contribution in [0.4, 0.5) is 10.1 Å². The van der Waals surface area contributed by atoms with Gasteiger partial charge in [0.25, 0.3) is 5.91 Å². The third kappa shape index (κ3) is 3.74. The van der Waals surface area contributed by atoms with Crippen molar-refractivity contribution in [2.45, 2.75) is 6.42 Å². The summed E-state index contributed by atoms with van der Waals surface area (Å²) in [7, 11) is 1.57. The van der Waals surface area contributed by atoms with Crippen LogP contribution in [0, 0.1) is 5.82 Å². The normalized spacial score (nSPS) is 10.1. The fraction of sp³-hybridized carbons (Fsp3) is 0.118. The first kappa shape index (κ1) is 16.2. The van der Waals surface area contributed by atoms with E-state index < -0.39 is 5.82 Å². The molecule has 0 spiro atoms. The second-order valence-electron chi connectivity index (χ2n) is 4.60. The molecule has 2 aromatic rings. The van der Waals surface area contributed by atoms with Crippen LogP contribution in [0.25, 0.3) is 0 Å². The van der Waals surface area contributed by atoms with Crippen LogP contribution in [0.2, 0.25) is 0 Å². The first-order chi connectivity index (χ1) is 10.5. The predicted molar refractivity (Wildman–Crippen MR) is 88.9 cm³/mol. The Hall–Kier alpha value is -2.14. The molecule has 2 aromatic carbocycles. The fourth-order valence-corrected chi connectivity index (χ4v) is 2.35. The highest BCUT2D eigenvalue weighted by Gasteiger charge is 2.12. The highest BCUT2D eigenvalue weighted by molar-refractivity contribution is 9.10. The number of anilines is 1. The molecule has 0 bridgehead atoms. The van der Waals surface area contributed by atoms with Gasteiger partial charge in [0, 0.05) is 10.0 Å². The Labute approximate surface area is 136 Å². The summed E-state index contributed by atoms with van der Waals surface area (Å²) < 4.78 is 19.6. The number of methoxy groups -OCH3 is 1. The molecule has 1 amide bonds. The monoisotopic (exact) mass is 363 g/mol. The Morgan fingerprint density at radius 3 is 2.77 bits per heavy atom. The first-order valence-corrected chi connectivity index (χ1v) is 7.38. The maximum absolute atomic E-state index is 13.8. The third-order valence-corrected chi connectivity index (χ3v) is 3.58. The van der Waals surface area contributed by atoms with Crippen molar-refractivity contribution in [3.8, 4) is 5.75 Å². The summed E-state index contributed by atoms with van der Waals surface area (Å²) in [5.41, 5.74) is 1.41. The van der Waals surface area contributed by atoms with E-state index in [2.05, 4.69) is 27.8 Å². The van der Waals surface area contributed by atoms with E-state index in [1.165, 1.54) is 12.1 Å². The number of carbonyl (C=O) groups excluding carboxylic acids is 1. The van der Waals surface area contributed by atoms with E-state index >= 15 is 0 Å². The van der Waals surface area contributed by atoms with Crippen molar-refractivity contribution in [3.63, 3.8) is 0 Å². The Balaban J connectivity index is 2.25. The summed E-state index contributed by atoms with van der Waals surface area (Å²) in [5, 5.41) is 2.56. The minimum Gasteiger partial charge on any atom is -0.496 e. The van der Waals surface area contributed by atoms with E-state index in [4.69, 9.17) is 4.74 Å². The molecule has 2 rings (SSSR count). The molecule has 22 heavy (non-hydrogen) atoms. The van der Waals surface area contributed by atoms with Crippen LogP contribution in [0.3, 0.4) is 0 Å². The first-order valence-electron chi connectivity index (χ1n) is 6.59. The number of rotatable bonds is 5. The van der Waals surface area contributed by atoms with Gasteiger partial charge in [0.2, 0.25) is 0 Å². The Bertz CT molecular complexity index is 716. The zero-order chi connectivity index (χ0) is 16.1. The number of nitrogens with one attached hydrogen (secondary N) is 1. The zero-order valence-electron chi connectivity index (χ0n) is 12.0. The average Bonchev–Trinajstić information content (AvgIpc) is 2.50. The summed E-state index contributed by atoms with van der Waals surface area (Å²) in [4.78, 5) is 12.3. The number of carbonyl (C=O) groups is 1. The molecule has 0 aliphatic rings. The molecule has 0 fully saturated rings. The van der Waals surface area contributed by atoms with Gasteiger partial charge in [0.1, 0.15) is 11.6 Å². The van der Waals surface area contributed by atoms with Gasteiger partial charge < -0.3 is 10.1 Å². The lowest BCUT2D eigenvalue weighted by Crippen LogP contribution is -2.13. The molecule has 0 heterocycles. The molecule has 114 valence electrons. The van der Waals surface area contributed by atoms with Gasteiger partial charge in [0.05, 0.1) is 12.8 Å². The number of hydrogen-bond donors (Lipinski definition) is 1. The molecule has 3 nitrogen and oxygen atoms in total. The number of benzene rings is 2. The van der Waals surface area contributed by atoms with Crippen LogP contribution in [-0.2, 0) is 6.42 Å². The largest absolute Gasteiger partial charge is 0.496 e. The highest BCUT2D eigenvalue weighted by Crippen LogP contribution is 2.23. The standard InChI is InChI=1S/C17H15BrFNO2/c1-3-4-11-9-12(5-8-16(11)22-2)17(21)20-15-7-6-13(18)10-14(15)19/h3,5-10H,1,4H2,2H3,(H,20,21). The molecular formula is C17H15BrFNO2. The summed E-state index contributed by atoms with van der Waals surface area (Å²) in [5.74, 6) is -0.192. The maximum atomic E-state index is 13.8. The lowest BCUT2D eigenvalue weighted by molar-refractivity contribution is 0.102. The van der Waals surface area contributed by atoms with Gasteiger partial charge >= 0.3 is 0 Å². The van der Waals surface area contributed by atoms with Gasteiger partial charge in [-0.2, -0.15) is 0 Å². The van der Waals surface area contributed by atoms with Crippen molar-refractivity contribution in [3.05, 3.63) is 70.5 Å². The Kier molecular flexibility index (Phi) is 5.33. The highest BCUT2D eigenvalue weighted by atomic mass is 79.9. The van der Waals surface area contributed by atoms with Crippen LogP contribution >= 0.6 is 15.9 Å². The molecular weight excluding hydrogens is 349 g/mol. The lowest BCUT2D eigenvalue weighted by Gasteiger charge is -2.10. The second-order valence-corrected chi connectivity index (χ2v) is 5.51. The van der Waals surface area contributed by atoms with Crippen LogP contribution in [-0.4, -0.2) is 13.0 Å². The molecule has 5 heteroatoms. The summed E-state index contributed by atoms with van der Waals surface area (Å²) in [6, 6.07) is 9.53. The van der Waals surface area contributed by atoms with Crippen molar-refractivity contribution >= 4 is 27.5 Å². The van der Waals surface area contributed by atoms with Crippen molar-refractivity contribution in [2.75, 3.05) is 12.4 Å². The fourth-order valence-electron chi connectivity index (χ4n) is 2.02. The maximum Gasteiger partial charge on any atom is 0.255 e. The molecule has 0 radical (unpaired) electrons. The molecule has 0 aromatic heterocycles. The summed E-state index contributed by atoms with van der Waals surface area (Å²) >= 11 is 3.17. The second kappa shape index (κ2) is 7.22. The minimum absolute atomic E-state index is 0.134. The smallest absolute Gasteiger partial charge is 0.255 e. The SMILES string of the molecule is C=CCc1cc(C(=O)Nc2ccc(Br)cc2F)ccc1OC. The van der Waals surface area contributed by atoms with Crippen molar-refractivity contribution in [1.29, 1.82) is 0 Å². The molecule has 0 unspecified atom stereocenters. The van der Waals surface area contributed by atoms with E-state index in [1.807, 2.05) is 0 Å². The molecule has 0 saturated heterocycles. The summed E-state index contributed by atoms with van der Waals surface area (Å²) in [6.07, 6.45) is 2.31. The molecule has 0 atom stereocenters. The van der Waals surface area contributed by atoms with E-state index in [1.54, 1.807) is 37.5 Å². The minimum atomic E-state index is -0.498. The van der Waals surface area contributed by atoms with Gasteiger partial charge in [-0.05, 0) is 48.4 Å². The molecule has 1 N–H and O–H groups in total. The molecule has 0 saturated carbocycles. The average molecular weight is 364 g/mol. The van der Waals surface area contributed by atoms with Crippen molar-refractivity contribution in [1.82, 2.24) is 0 Å². The quantitative estimate of drug-likeness (QED) is 0.789. The number of ether oxygens (including phenoxy) is 1. The Morgan fingerprint density at radius 2 is 2.14 bits per heavy atom. The van der Waals surface area contributed by atoms with Gasteiger partial charge in [-0.25, -0.2) is 4.39 Å². The van der Waals surface area contributed by atoms with Gasteiger partial charge in [-0.1, -0.05) is 22.0 Å². The van der Waals surface area contributed by atoms with E-state index in [-0.39, 0.29) is 11.6 Å². The van der Waals surface area contributed by atoms with E-state index in [0.29, 0.717) is 22.2 Å². The number of hydrogen-bond acceptors (Lipinski definition) is 2. The zero-order valence-corrected chi connectivity index (χ0v) is 13.6. The van der Waals surface area contributed by atoms with E-state index in [9.17, 15) is 9.18 Å². The van der Waals surface area contributed by atoms with Gasteiger partial charge in [-0.15, -0.1) is 6.58 Å². The van der Waals surface area contributed by atoms with Crippen molar-refractivity contribution < 1.29 is 13.9 Å². The summed E-state index contributed by atoms with van der Waals surface area (Å²) in [6.45, 7) is 3.68. The number of amides is 1. The predicted octanol–water partition coefficient (Wildman–Crippen LogP) is 4.58. The number of halogens is 2. The number of allylic oxidation sites excluding steroid dienone is 1. The van der Waals surface area contributed by atoms with Crippen LogP contribution in [0.5, 0.6) is 5.75 Å². The molecule has 0 aliphatic heterocycles. The third-order valence-electron chi connectivity index (χ3n) is 3.09. The van der Waals surface area contributed by atoms with Gasteiger partial charge in [-0.3, -0.25) is 4.79 Å². The van der Waals surface area contributed by atoms with Crippen LogP contribution in [0.1, 0.15) is 15.9 Å². The molecule has 0 aliphatic carbocycles. The lowest BCUT2D eigenvalue weighted by atomic mass is 10.1. The van der Waals surface area contributed by atoms with Gasteiger partial charge in [0.15, 0.2) is 0 Å². The van der Waals surface area contributed by atoms with Crippen molar-refractivity contribution in [2.24, 2.45) is 0 Å². The Morgan fingerprint density at radius 1 is 1.36 bits per heavy atom. The van der Waals surface area contributed by atoms with Crippen LogP contribution in [0.15, 0.2) is 53.5 Å². The van der Waals surface area contributed by atoms with E-state index in [0.717, 1.165) is 5.56 Å². The van der Waals surface area contributed by atoms with Crippen LogP contribution < -0.4 is 10.1 Å².